The van der Waals surface area contributed by atoms with Crippen LogP contribution in [0.1, 0.15) is 19.6 Å². The van der Waals surface area contributed by atoms with Gasteiger partial charge in [0.2, 0.25) is 0 Å². The van der Waals surface area contributed by atoms with Gasteiger partial charge in [-0.1, -0.05) is 6.92 Å². The second-order valence-corrected chi connectivity index (χ2v) is 6.36. The van der Waals surface area contributed by atoms with Gasteiger partial charge in [-0.05, 0) is 32.0 Å². The number of furan rings is 1. The summed E-state index contributed by atoms with van der Waals surface area (Å²) < 4.78 is 5.32. The van der Waals surface area contributed by atoms with Gasteiger partial charge in [-0.25, -0.2) is 4.99 Å². The van der Waals surface area contributed by atoms with Crippen LogP contribution in [0.4, 0.5) is 0 Å². The molecule has 0 radical (unpaired) electrons. The highest BCUT2D eigenvalue weighted by Crippen LogP contribution is 2.04. The zero-order chi connectivity index (χ0) is 16.5. The number of rotatable bonds is 7. The Labute approximate surface area is 163 Å². The number of nitrogens with zero attached hydrogens (tertiary/aromatic N) is 3. The van der Waals surface area contributed by atoms with Crippen molar-refractivity contribution in [1.82, 2.24) is 20.4 Å². The molecule has 0 aliphatic carbocycles. The van der Waals surface area contributed by atoms with Crippen molar-refractivity contribution in [2.24, 2.45) is 10.9 Å². The molecule has 2 N–H and O–H groups in total. The topological polar surface area (TPSA) is 56.0 Å². The Kier molecular flexibility index (Phi) is 10.4. The first-order valence-electron chi connectivity index (χ1n) is 8.62. The molecular weight excluding hydrogens is 417 g/mol. The summed E-state index contributed by atoms with van der Waals surface area (Å²) in [4.78, 5) is 9.51. The number of nitrogens with one attached hydrogen (secondary N) is 2. The largest absolute Gasteiger partial charge is 0.467 e. The van der Waals surface area contributed by atoms with Gasteiger partial charge < -0.3 is 24.9 Å². The van der Waals surface area contributed by atoms with Crippen molar-refractivity contribution in [3.05, 3.63) is 24.2 Å². The highest BCUT2D eigenvalue weighted by atomic mass is 127. The molecular formula is C17H32IN5O. The quantitative estimate of drug-likeness (QED) is 0.378. The van der Waals surface area contributed by atoms with Crippen LogP contribution in [0.2, 0.25) is 0 Å². The van der Waals surface area contributed by atoms with Crippen LogP contribution in [0.3, 0.4) is 0 Å². The monoisotopic (exact) mass is 449 g/mol. The van der Waals surface area contributed by atoms with E-state index in [0.717, 1.165) is 31.4 Å². The van der Waals surface area contributed by atoms with Gasteiger partial charge in [-0.2, -0.15) is 0 Å². The third kappa shape index (κ3) is 7.85. The van der Waals surface area contributed by atoms with Gasteiger partial charge in [0.1, 0.15) is 12.3 Å². The molecule has 1 saturated heterocycles. The highest BCUT2D eigenvalue weighted by molar-refractivity contribution is 14.0. The van der Waals surface area contributed by atoms with Crippen molar-refractivity contribution in [3.63, 3.8) is 0 Å². The lowest BCUT2D eigenvalue weighted by Gasteiger charge is -2.34. The molecule has 7 heteroatoms. The van der Waals surface area contributed by atoms with Crippen LogP contribution < -0.4 is 10.6 Å². The zero-order valence-electron chi connectivity index (χ0n) is 15.1. The molecule has 24 heavy (non-hydrogen) atoms. The SMILES string of the molecule is CCNC(=NCc1ccco1)NCC(C)CN1CCN(C)CC1.I. The Bertz CT molecular complexity index is 458. The summed E-state index contributed by atoms with van der Waals surface area (Å²) in [5.41, 5.74) is 0. The van der Waals surface area contributed by atoms with Crippen LogP contribution in [0.25, 0.3) is 0 Å². The Morgan fingerprint density at radius 1 is 1.29 bits per heavy atom. The Morgan fingerprint density at radius 2 is 2.04 bits per heavy atom. The fourth-order valence-electron chi connectivity index (χ4n) is 2.71. The fourth-order valence-corrected chi connectivity index (χ4v) is 2.71. The predicted octanol–water partition coefficient (Wildman–Crippen LogP) is 1.84. The molecule has 1 aliphatic rings. The lowest BCUT2D eigenvalue weighted by atomic mass is 10.1. The van der Waals surface area contributed by atoms with E-state index in [0.29, 0.717) is 12.5 Å². The van der Waals surface area contributed by atoms with Crippen LogP contribution in [0.5, 0.6) is 0 Å². The summed E-state index contributed by atoms with van der Waals surface area (Å²) in [5.74, 6) is 2.33. The smallest absolute Gasteiger partial charge is 0.191 e. The molecule has 1 unspecified atom stereocenters. The van der Waals surface area contributed by atoms with E-state index in [4.69, 9.17) is 4.42 Å². The highest BCUT2D eigenvalue weighted by Gasteiger charge is 2.16. The molecule has 138 valence electrons. The van der Waals surface area contributed by atoms with Crippen LogP contribution in [0.15, 0.2) is 27.8 Å². The first-order chi connectivity index (χ1) is 11.2. The van der Waals surface area contributed by atoms with Gasteiger partial charge in [0.15, 0.2) is 5.96 Å². The lowest BCUT2D eigenvalue weighted by Crippen LogP contribution is -2.47. The van der Waals surface area contributed by atoms with E-state index in [1.807, 2.05) is 12.1 Å². The average molecular weight is 449 g/mol. The standard InChI is InChI=1S/C17H31N5O.HI/c1-4-18-17(20-13-16-6-5-11-23-16)19-12-15(2)14-22-9-7-21(3)8-10-22;/h5-6,11,15H,4,7-10,12-14H2,1-3H3,(H2,18,19,20);1H. The van der Waals surface area contributed by atoms with Gasteiger partial charge >= 0.3 is 0 Å². The van der Waals surface area contributed by atoms with Crippen LogP contribution >= 0.6 is 24.0 Å². The van der Waals surface area contributed by atoms with Gasteiger partial charge in [-0.15, -0.1) is 24.0 Å². The summed E-state index contributed by atoms with van der Waals surface area (Å²) in [6, 6.07) is 3.84. The van der Waals surface area contributed by atoms with Gasteiger partial charge in [0.25, 0.3) is 0 Å². The van der Waals surface area contributed by atoms with Crippen LogP contribution in [0, 0.1) is 5.92 Å². The number of likely N-dealkylation sites (N-methyl/N-ethyl adjacent to an activating group) is 1. The van der Waals surface area contributed by atoms with E-state index >= 15 is 0 Å². The molecule has 0 aromatic carbocycles. The predicted molar refractivity (Wildman–Crippen MR) is 110 cm³/mol. The maximum Gasteiger partial charge on any atom is 0.191 e. The second kappa shape index (κ2) is 11.7. The number of piperazine rings is 1. The van der Waals surface area contributed by atoms with Crippen molar-refractivity contribution < 1.29 is 4.42 Å². The fraction of sp³-hybridized carbons (Fsp3) is 0.706. The lowest BCUT2D eigenvalue weighted by molar-refractivity contribution is 0.139. The molecule has 2 heterocycles. The molecule has 2 rings (SSSR count). The summed E-state index contributed by atoms with van der Waals surface area (Å²) in [6.45, 7) is 12.6. The second-order valence-electron chi connectivity index (χ2n) is 6.36. The number of guanidine groups is 1. The van der Waals surface area contributed by atoms with Crippen molar-refractivity contribution in [2.75, 3.05) is 52.9 Å². The number of aliphatic imine (C=N–C) groups is 1. The van der Waals surface area contributed by atoms with Crippen LogP contribution in [-0.2, 0) is 6.54 Å². The summed E-state index contributed by atoms with van der Waals surface area (Å²) in [7, 11) is 2.19. The summed E-state index contributed by atoms with van der Waals surface area (Å²) in [5, 5.41) is 6.73. The van der Waals surface area contributed by atoms with E-state index < -0.39 is 0 Å². The molecule has 0 bridgehead atoms. The zero-order valence-corrected chi connectivity index (χ0v) is 17.5. The Balaban J connectivity index is 0.00000288. The molecule has 1 aromatic heterocycles. The summed E-state index contributed by atoms with van der Waals surface area (Å²) >= 11 is 0. The number of hydrogen-bond acceptors (Lipinski definition) is 4. The van der Waals surface area contributed by atoms with E-state index in [1.165, 1.54) is 26.2 Å². The molecule has 0 saturated carbocycles. The van der Waals surface area contributed by atoms with Gasteiger partial charge in [0.05, 0.1) is 6.26 Å². The molecule has 0 spiro atoms. The maximum absolute atomic E-state index is 5.32. The normalized spacial score (nSPS) is 18.0. The van der Waals surface area contributed by atoms with E-state index in [-0.39, 0.29) is 24.0 Å². The minimum Gasteiger partial charge on any atom is -0.467 e. The minimum atomic E-state index is 0. The molecule has 1 aromatic rings. The van der Waals surface area contributed by atoms with Crippen molar-refractivity contribution >= 4 is 29.9 Å². The molecule has 1 fully saturated rings. The number of halogens is 1. The Hall–Kier alpha value is -0.800. The van der Waals surface area contributed by atoms with Crippen LogP contribution in [-0.4, -0.2) is 68.6 Å². The molecule has 1 aliphatic heterocycles. The third-order valence-electron chi connectivity index (χ3n) is 4.10. The first kappa shape index (κ1) is 21.2. The van der Waals surface area contributed by atoms with Gasteiger partial charge in [-0.3, -0.25) is 0 Å². The maximum atomic E-state index is 5.32. The molecule has 1 atom stereocenters. The van der Waals surface area contributed by atoms with E-state index in [2.05, 4.69) is 46.3 Å². The Morgan fingerprint density at radius 3 is 2.67 bits per heavy atom. The summed E-state index contributed by atoms with van der Waals surface area (Å²) in [6.07, 6.45) is 1.68. The third-order valence-corrected chi connectivity index (χ3v) is 4.10. The molecule has 0 amide bonds. The molecule has 6 nitrogen and oxygen atoms in total. The minimum absolute atomic E-state index is 0. The van der Waals surface area contributed by atoms with Crippen molar-refractivity contribution in [2.45, 2.75) is 20.4 Å². The first-order valence-corrected chi connectivity index (χ1v) is 8.62. The van der Waals surface area contributed by atoms with Crippen molar-refractivity contribution in [1.29, 1.82) is 0 Å². The van der Waals surface area contributed by atoms with E-state index in [1.54, 1.807) is 6.26 Å². The average Bonchev–Trinajstić information content (AvgIpc) is 3.06. The van der Waals surface area contributed by atoms with Gasteiger partial charge in [0, 0.05) is 45.8 Å². The number of hydrogen-bond donors (Lipinski definition) is 2. The van der Waals surface area contributed by atoms with Crippen molar-refractivity contribution in [3.8, 4) is 0 Å². The van der Waals surface area contributed by atoms with E-state index in [9.17, 15) is 0 Å².